The van der Waals surface area contributed by atoms with Crippen molar-refractivity contribution in [3.8, 4) is 11.5 Å². The van der Waals surface area contributed by atoms with Gasteiger partial charge in [0.2, 0.25) is 5.75 Å². The Kier molecular flexibility index (Phi) is 4.28. The number of nitro groups is 1. The van der Waals surface area contributed by atoms with Gasteiger partial charge in [-0.1, -0.05) is 18.2 Å². The first-order valence-corrected chi connectivity index (χ1v) is 5.67. The van der Waals surface area contributed by atoms with Gasteiger partial charge in [0.15, 0.2) is 0 Å². The molecule has 19 heavy (non-hydrogen) atoms. The smallest absolute Gasteiger partial charge is 0.406 e. The van der Waals surface area contributed by atoms with Gasteiger partial charge in [0.25, 0.3) is 0 Å². The van der Waals surface area contributed by atoms with Gasteiger partial charge in [0.1, 0.15) is 25.2 Å². The van der Waals surface area contributed by atoms with Crippen molar-refractivity contribution in [1.82, 2.24) is 4.98 Å². The minimum atomic E-state index is -0.576. The number of benzene rings is 1. The Hall–Kier alpha value is -2.63. The fourth-order valence-corrected chi connectivity index (χ4v) is 1.46. The molecule has 0 amide bonds. The number of para-hydroxylation sites is 1. The van der Waals surface area contributed by atoms with Crippen molar-refractivity contribution in [3.63, 3.8) is 0 Å². The zero-order valence-corrected chi connectivity index (χ0v) is 10.1. The van der Waals surface area contributed by atoms with Gasteiger partial charge in [-0.25, -0.2) is 0 Å². The molecule has 0 aliphatic rings. The predicted molar refractivity (Wildman–Crippen MR) is 68.3 cm³/mol. The summed E-state index contributed by atoms with van der Waals surface area (Å²) in [4.78, 5) is 13.8. The molecule has 2 rings (SSSR count). The average Bonchev–Trinajstić information content (AvgIpc) is 2.45. The summed E-state index contributed by atoms with van der Waals surface area (Å²) in [6.07, 6.45) is 1.35. The molecule has 1 aromatic heterocycles. The number of hydrogen-bond donors (Lipinski definition) is 0. The molecule has 0 fully saturated rings. The zero-order chi connectivity index (χ0) is 13.5. The first kappa shape index (κ1) is 12.8. The molecule has 0 N–H and O–H groups in total. The molecular weight excluding hydrogens is 248 g/mol. The van der Waals surface area contributed by atoms with Crippen LogP contribution in [0.1, 0.15) is 0 Å². The lowest BCUT2D eigenvalue weighted by molar-refractivity contribution is -0.390. The Morgan fingerprint density at radius 3 is 2.53 bits per heavy atom. The van der Waals surface area contributed by atoms with Crippen molar-refractivity contribution in [3.05, 3.63) is 58.8 Å². The first-order chi connectivity index (χ1) is 9.27. The Balaban J connectivity index is 1.85. The molecule has 0 aliphatic heterocycles. The van der Waals surface area contributed by atoms with Gasteiger partial charge in [-0.15, -0.1) is 0 Å². The SMILES string of the molecule is O=[N+]([O-])c1ncccc1OCCOc1ccccc1. The molecule has 0 saturated carbocycles. The second-order valence-electron chi connectivity index (χ2n) is 3.59. The molecule has 1 aromatic carbocycles. The second-order valence-corrected chi connectivity index (χ2v) is 3.59. The molecule has 0 spiro atoms. The summed E-state index contributed by atoms with van der Waals surface area (Å²) >= 11 is 0. The van der Waals surface area contributed by atoms with E-state index < -0.39 is 4.92 Å². The highest BCUT2D eigenvalue weighted by atomic mass is 16.6. The fourth-order valence-electron chi connectivity index (χ4n) is 1.46. The number of aromatic nitrogens is 1. The van der Waals surface area contributed by atoms with Crippen LogP contribution in [0.4, 0.5) is 5.82 Å². The van der Waals surface area contributed by atoms with Crippen molar-refractivity contribution in [2.24, 2.45) is 0 Å². The van der Waals surface area contributed by atoms with E-state index in [4.69, 9.17) is 9.47 Å². The van der Waals surface area contributed by atoms with Gasteiger partial charge in [0.05, 0.1) is 0 Å². The highest BCUT2D eigenvalue weighted by Crippen LogP contribution is 2.22. The van der Waals surface area contributed by atoms with Crippen LogP contribution in [-0.4, -0.2) is 23.1 Å². The Morgan fingerprint density at radius 2 is 1.79 bits per heavy atom. The maximum absolute atomic E-state index is 10.7. The van der Waals surface area contributed by atoms with Crippen LogP contribution < -0.4 is 9.47 Å². The molecule has 0 aliphatic carbocycles. The summed E-state index contributed by atoms with van der Waals surface area (Å²) in [6, 6.07) is 12.4. The highest BCUT2D eigenvalue weighted by Gasteiger charge is 2.15. The highest BCUT2D eigenvalue weighted by molar-refractivity contribution is 5.38. The van der Waals surface area contributed by atoms with Gasteiger partial charge in [-0.05, 0) is 34.2 Å². The average molecular weight is 260 g/mol. The molecule has 0 unspecified atom stereocenters. The van der Waals surface area contributed by atoms with Crippen LogP contribution in [0.3, 0.4) is 0 Å². The van der Waals surface area contributed by atoms with Crippen LogP contribution in [0, 0.1) is 10.1 Å². The van der Waals surface area contributed by atoms with E-state index in [2.05, 4.69) is 4.98 Å². The third-order valence-electron chi connectivity index (χ3n) is 2.28. The van der Waals surface area contributed by atoms with Crippen molar-refractivity contribution in [2.75, 3.05) is 13.2 Å². The summed E-state index contributed by atoms with van der Waals surface area (Å²) in [5, 5.41) is 10.7. The van der Waals surface area contributed by atoms with E-state index in [-0.39, 0.29) is 18.2 Å². The van der Waals surface area contributed by atoms with Gasteiger partial charge >= 0.3 is 5.82 Å². The van der Waals surface area contributed by atoms with Crippen LogP contribution >= 0.6 is 0 Å². The van der Waals surface area contributed by atoms with E-state index >= 15 is 0 Å². The van der Waals surface area contributed by atoms with Gasteiger partial charge in [-0.2, -0.15) is 0 Å². The van der Waals surface area contributed by atoms with E-state index in [0.717, 1.165) is 5.75 Å². The number of rotatable bonds is 6. The lowest BCUT2D eigenvalue weighted by atomic mass is 10.3. The molecule has 0 saturated heterocycles. The van der Waals surface area contributed by atoms with E-state index in [1.165, 1.54) is 12.3 Å². The summed E-state index contributed by atoms with van der Waals surface area (Å²) in [5.74, 6) is 0.582. The maximum Gasteiger partial charge on any atom is 0.406 e. The standard InChI is InChI=1S/C13H12N2O4/c16-15(17)13-12(7-4-8-14-13)19-10-9-18-11-5-2-1-3-6-11/h1-8H,9-10H2. The molecule has 0 radical (unpaired) electrons. The van der Waals surface area contributed by atoms with Crippen LogP contribution in [0.25, 0.3) is 0 Å². The Labute approximate surface area is 109 Å². The first-order valence-electron chi connectivity index (χ1n) is 5.67. The third-order valence-corrected chi connectivity index (χ3v) is 2.28. The monoisotopic (exact) mass is 260 g/mol. The van der Waals surface area contributed by atoms with E-state index in [1.807, 2.05) is 30.3 Å². The number of hydrogen-bond acceptors (Lipinski definition) is 5. The van der Waals surface area contributed by atoms with Crippen LogP contribution in [0.5, 0.6) is 11.5 Å². The fraction of sp³-hybridized carbons (Fsp3) is 0.154. The second kappa shape index (κ2) is 6.34. The predicted octanol–water partition coefficient (Wildman–Crippen LogP) is 2.45. The summed E-state index contributed by atoms with van der Waals surface area (Å²) in [5.41, 5.74) is 0. The van der Waals surface area contributed by atoms with Crippen molar-refractivity contribution < 1.29 is 14.4 Å². The Bertz CT molecular complexity index is 545. The topological polar surface area (TPSA) is 74.5 Å². The number of pyridine rings is 1. The van der Waals surface area contributed by atoms with Crippen LogP contribution in [-0.2, 0) is 0 Å². The molecule has 0 atom stereocenters. The van der Waals surface area contributed by atoms with Crippen LogP contribution in [0.15, 0.2) is 48.7 Å². The molecular formula is C13H12N2O4. The van der Waals surface area contributed by atoms with Gasteiger partial charge in [-0.3, -0.25) is 0 Å². The van der Waals surface area contributed by atoms with Crippen molar-refractivity contribution in [2.45, 2.75) is 0 Å². The Morgan fingerprint density at radius 1 is 1.05 bits per heavy atom. The van der Waals surface area contributed by atoms with Crippen LogP contribution in [0.2, 0.25) is 0 Å². The maximum atomic E-state index is 10.7. The molecule has 0 bridgehead atoms. The summed E-state index contributed by atoms with van der Waals surface area (Å²) in [7, 11) is 0. The van der Waals surface area contributed by atoms with E-state index in [1.54, 1.807) is 6.07 Å². The van der Waals surface area contributed by atoms with E-state index in [9.17, 15) is 10.1 Å². The summed E-state index contributed by atoms with van der Waals surface area (Å²) in [6.45, 7) is 0.511. The summed E-state index contributed by atoms with van der Waals surface area (Å²) < 4.78 is 10.7. The van der Waals surface area contributed by atoms with E-state index in [0.29, 0.717) is 6.61 Å². The minimum Gasteiger partial charge on any atom is -0.490 e. The third kappa shape index (κ3) is 3.67. The molecule has 6 nitrogen and oxygen atoms in total. The van der Waals surface area contributed by atoms with Gasteiger partial charge < -0.3 is 19.6 Å². The molecule has 6 heteroatoms. The van der Waals surface area contributed by atoms with Crippen molar-refractivity contribution >= 4 is 5.82 Å². The van der Waals surface area contributed by atoms with Crippen molar-refractivity contribution in [1.29, 1.82) is 0 Å². The largest absolute Gasteiger partial charge is 0.490 e. The van der Waals surface area contributed by atoms with Gasteiger partial charge in [0, 0.05) is 0 Å². The lowest BCUT2D eigenvalue weighted by Gasteiger charge is -2.07. The minimum absolute atomic E-state index is 0.143. The molecule has 1 heterocycles. The molecule has 2 aromatic rings. The normalized spacial score (nSPS) is 9.89. The quantitative estimate of drug-likeness (QED) is 0.453. The lowest BCUT2D eigenvalue weighted by Crippen LogP contribution is -2.10. The number of ether oxygens (including phenoxy) is 2. The number of nitrogens with zero attached hydrogens (tertiary/aromatic N) is 2. The zero-order valence-electron chi connectivity index (χ0n) is 10.1. The molecule has 98 valence electrons.